The molecule has 0 saturated heterocycles. The average molecular weight is 471 g/mol. The van der Waals surface area contributed by atoms with Crippen LogP contribution >= 0.6 is 15.9 Å². The summed E-state index contributed by atoms with van der Waals surface area (Å²) in [7, 11) is 0. The van der Waals surface area contributed by atoms with E-state index in [4.69, 9.17) is 4.74 Å². The van der Waals surface area contributed by atoms with Crippen LogP contribution in [-0.4, -0.2) is 15.7 Å². The molecule has 0 saturated carbocycles. The van der Waals surface area contributed by atoms with Gasteiger partial charge in [-0.05, 0) is 37.3 Å². The summed E-state index contributed by atoms with van der Waals surface area (Å²) in [5, 5.41) is 3.76. The van der Waals surface area contributed by atoms with Gasteiger partial charge >= 0.3 is 12.1 Å². The van der Waals surface area contributed by atoms with E-state index in [1.807, 2.05) is 0 Å². The monoisotopic (exact) mass is 470 g/mol. The Kier molecular flexibility index (Phi) is 5.56. The summed E-state index contributed by atoms with van der Waals surface area (Å²) in [6.45, 7) is 1.37. The second-order valence-electron chi connectivity index (χ2n) is 5.89. The molecule has 0 aliphatic heterocycles. The zero-order chi connectivity index (χ0) is 21.3. The highest BCUT2D eigenvalue weighted by molar-refractivity contribution is 9.10. The molecular weight excluding hydrogens is 460 g/mol. The Bertz CT molecular complexity index is 1160. The minimum atomic E-state index is -4.69. The lowest BCUT2D eigenvalue weighted by Gasteiger charge is -2.16. The first-order chi connectivity index (χ1) is 13.6. The van der Waals surface area contributed by atoms with Gasteiger partial charge in [-0.1, -0.05) is 28.1 Å². The first-order valence-corrected chi connectivity index (χ1v) is 8.82. The van der Waals surface area contributed by atoms with Gasteiger partial charge in [-0.3, -0.25) is 4.79 Å². The van der Waals surface area contributed by atoms with Crippen LogP contribution in [0.4, 0.5) is 17.6 Å². The Balaban J connectivity index is 2.08. The number of benzene rings is 2. The van der Waals surface area contributed by atoms with Crippen LogP contribution in [0.1, 0.15) is 21.7 Å². The highest BCUT2D eigenvalue weighted by Gasteiger charge is 2.34. The number of halogens is 5. The molecule has 1 heterocycles. The molecule has 1 aromatic heterocycles. The fourth-order valence-electron chi connectivity index (χ4n) is 2.54. The first-order valence-electron chi connectivity index (χ1n) is 8.02. The molecule has 0 aliphatic rings. The number of aryl methyl sites for hydroxylation is 1. The third-order valence-corrected chi connectivity index (χ3v) is 4.33. The smallest absolute Gasteiger partial charge is 0.418 e. The molecule has 0 unspecified atom stereocenters. The van der Waals surface area contributed by atoms with E-state index in [1.165, 1.54) is 25.1 Å². The normalized spacial score (nSPS) is 11.4. The third-order valence-electron chi connectivity index (χ3n) is 3.84. The molecule has 0 fully saturated rings. The first kappa shape index (κ1) is 20.7. The number of hydrogen-bond acceptors (Lipinski definition) is 4. The van der Waals surface area contributed by atoms with Crippen molar-refractivity contribution in [2.45, 2.75) is 13.1 Å². The largest absolute Gasteiger partial charge is 0.419 e. The van der Waals surface area contributed by atoms with E-state index in [1.54, 1.807) is 0 Å². The number of carbonyl (C=O) groups is 1. The Morgan fingerprint density at radius 2 is 1.83 bits per heavy atom. The lowest BCUT2D eigenvalue weighted by molar-refractivity contribution is -0.137. The zero-order valence-corrected chi connectivity index (χ0v) is 16.2. The molecule has 0 spiro atoms. The summed E-state index contributed by atoms with van der Waals surface area (Å²) in [6, 6.07) is 9.13. The van der Waals surface area contributed by atoms with E-state index in [0.29, 0.717) is 4.47 Å². The molecule has 10 heteroatoms. The van der Waals surface area contributed by atoms with Crippen LogP contribution < -0.4 is 10.2 Å². The summed E-state index contributed by atoms with van der Waals surface area (Å²) in [5.74, 6) is -2.63. The van der Waals surface area contributed by atoms with Gasteiger partial charge in [0.05, 0.1) is 11.3 Å². The van der Waals surface area contributed by atoms with E-state index in [0.717, 1.165) is 35.0 Å². The summed E-state index contributed by atoms with van der Waals surface area (Å²) in [6.07, 6.45) is -4.69. The van der Waals surface area contributed by atoms with Gasteiger partial charge in [-0.25, -0.2) is 13.9 Å². The second kappa shape index (κ2) is 7.78. The number of aromatic nitrogens is 2. The quantitative estimate of drug-likeness (QED) is 0.316. The number of ether oxygens (including phenoxy) is 1. The maximum atomic E-state index is 13.9. The van der Waals surface area contributed by atoms with E-state index in [2.05, 4.69) is 21.0 Å². The fourth-order valence-corrected chi connectivity index (χ4v) is 2.87. The van der Waals surface area contributed by atoms with Gasteiger partial charge in [0.1, 0.15) is 0 Å². The third kappa shape index (κ3) is 4.37. The molecule has 0 aliphatic carbocycles. The molecule has 3 aromatic rings. The lowest BCUT2D eigenvalue weighted by Crippen LogP contribution is -2.26. The highest BCUT2D eigenvalue weighted by Crippen LogP contribution is 2.33. The highest BCUT2D eigenvalue weighted by atomic mass is 79.9. The van der Waals surface area contributed by atoms with E-state index in [9.17, 15) is 27.2 Å². The van der Waals surface area contributed by atoms with E-state index >= 15 is 0 Å². The molecule has 0 bridgehead atoms. The average Bonchev–Trinajstić information content (AvgIpc) is 2.63. The molecule has 0 atom stereocenters. The predicted molar refractivity (Wildman–Crippen MR) is 98.6 cm³/mol. The van der Waals surface area contributed by atoms with Gasteiger partial charge in [-0.15, -0.1) is 0 Å². The van der Waals surface area contributed by atoms with Gasteiger partial charge in [0.25, 0.3) is 0 Å². The number of alkyl halides is 3. The summed E-state index contributed by atoms with van der Waals surface area (Å²) in [5.41, 5.74) is -2.96. The number of rotatable bonds is 3. The van der Waals surface area contributed by atoms with Crippen molar-refractivity contribution in [1.29, 1.82) is 0 Å². The second-order valence-corrected chi connectivity index (χ2v) is 6.81. The van der Waals surface area contributed by atoms with Gasteiger partial charge < -0.3 is 4.74 Å². The van der Waals surface area contributed by atoms with Gasteiger partial charge in [0.15, 0.2) is 11.6 Å². The molecule has 0 N–H and O–H groups in total. The minimum Gasteiger partial charge on any atom is -0.419 e. The zero-order valence-electron chi connectivity index (χ0n) is 14.6. The lowest BCUT2D eigenvalue weighted by atomic mass is 10.1. The predicted octanol–water partition coefficient (Wildman–Crippen LogP) is 4.68. The molecule has 2 aromatic carbocycles. The fraction of sp³-hybridized carbons (Fsp3) is 0.105. The van der Waals surface area contributed by atoms with Crippen molar-refractivity contribution >= 4 is 21.9 Å². The number of para-hydroxylation sites is 1. The number of esters is 1. The number of hydrogen-bond donors (Lipinski definition) is 0. The number of carbonyl (C=O) groups excluding carboxylic acids is 1. The van der Waals surface area contributed by atoms with Gasteiger partial charge in [0.2, 0.25) is 11.1 Å². The van der Waals surface area contributed by atoms with Crippen LogP contribution in [0.15, 0.2) is 57.8 Å². The molecule has 0 radical (unpaired) electrons. The van der Waals surface area contributed by atoms with Crippen LogP contribution in [0.3, 0.4) is 0 Å². The van der Waals surface area contributed by atoms with Crippen molar-refractivity contribution in [3.8, 4) is 11.4 Å². The Morgan fingerprint density at radius 1 is 1.14 bits per heavy atom. The van der Waals surface area contributed by atoms with E-state index in [-0.39, 0.29) is 11.4 Å². The van der Waals surface area contributed by atoms with Crippen molar-refractivity contribution < 1.29 is 27.1 Å². The Labute approximate surface area is 169 Å². The maximum Gasteiger partial charge on any atom is 0.418 e. The molecule has 150 valence electrons. The standard InChI is InChI=1S/C19H11BrF4N2O3/c1-10-8-15(27)17(18(28)29-16-7-6-11(20)9-13(16)21)25-26(10)14-5-3-2-4-12(14)19(22,23)24/h2-9H,1H3. The summed E-state index contributed by atoms with van der Waals surface area (Å²) in [4.78, 5) is 24.5. The van der Waals surface area contributed by atoms with Crippen molar-refractivity contribution in [2.75, 3.05) is 0 Å². The van der Waals surface area contributed by atoms with Crippen LogP contribution in [0.5, 0.6) is 5.75 Å². The van der Waals surface area contributed by atoms with Crippen LogP contribution in [0.25, 0.3) is 5.69 Å². The topological polar surface area (TPSA) is 61.2 Å². The van der Waals surface area contributed by atoms with E-state index < -0.39 is 40.4 Å². The molecule has 5 nitrogen and oxygen atoms in total. The maximum absolute atomic E-state index is 13.9. The van der Waals surface area contributed by atoms with Gasteiger partial charge in [-0.2, -0.15) is 18.3 Å². The SMILES string of the molecule is Cc1cc(=O)c(C(=O)Oc2ccc(Br)cc2F)nn1-c1ccccc1C(F)(F)F. The van der Waals surface area contributed by atoms with Crippen molar-refractivity contribution in [3.05, 3.63) is 86.0 Å². The van der Waals surface area contributed by atoms with Crippen LogP contribution in [0, 0.1) is 12.7 Å². The Hall–Kier alpha value is -3.01. The summed E-state index contributed by atoms with van der Waals surface area (Å²) >= 11 is 3.05. The van der Waals surface area contributed by atoms with Crippen LogP contribution in [0.2, 0.25) is 0 Å². The van der Waals surface area contributed by atoms with Gasteiger partial charge in [0, 0.05) is 16.2 Å². The van der Waals surface area contributed by atoms with Crippen molar-refractivity contribution in [3.63, 3.8) is 0 Å². The summed E-state index contributed by atoms with van der Waals surface area (Å²) < 4.78 is 59.9. The van der Waals surface area contributed by atoms with Crippen molar-refractivity contribution in [2.24, 2.45) is 0 Å². The number of nitrogens with zero attached hydrogens (tertiary/aromatic N) is 2. The minimum absolute atomic E-state index is 0.0677. The Morgan fingerprint density at radius 3 is 2.48 bits per heavy atom. The molecule has 0 amide bonds. The molecular formula is C19H11BrF4N2O3. The molecule has 29 heavy (non-hydrogen) atoms. The molecule has 3 rings (SSSR count). The van der Waals surface area contributed by atoms with Crippen LogP contribution in [-0.2, 0) is 6.18 Å². The van der Waals surface area contributed by atoms with Crippen molar-refractivity contribution in [1.82, 2.24) is 9.78 Å².